The molecule has 2 atom stereocenters. The summed E-state index contributed by atoms with van der Waals surface area (Å²) in [6.45, 7) is 11.5. The van der Waals surface area contributed by atoms with Crippen molar-refractivity contribution in [2.75, 3.05) is 13.1 Å². The van der Waals surface area contributed by atoms with E-state index in [-0.39, 0.29) is 0 Å². The van der Waals surface area contributed by atoms with E-state index in [1.54, 1.807) is 0 Å². The standard InChI is InChI=1S/C18H30N2/c1-14(2)20(13-18-7-5-6-12-19-18)16(4)17-10-8-15(3)9-11-17/h8-11,14,16,18-19H,5-7,12-13H2,1-4H3. The molecule has 1 saturated heterocycles. The molecule has 1 N–H and O–H groups in total. The number of piperidine rings is 1. The first-order valence-corrected chi connectivity index (χ1v) is 8.13. The van der Waals surface area contributed by atoms with E-state index in [4.69, 9.17) is 0 Å². The van der Waals surface area contributed by atoms with Crippen molar-refractivity contribution in [3.63, 3.8) is 0 Å². The van der Waals surface area contributed by atoms with Gasteiger partial charge in [0, 0.05) is 24.7 Å². The predicted molar refractivity (Wildman–Crippen MR) is 87.1 cm³/mol. The third kappa shape index (κ3) is 4.07. The van der Waals surface area contributed by atoms with Gasteiger partial charge in [0.15, 0.2) is 0 Å². The summed E-state index contributed by atoms with van der Waals surface area (Å²) in [4.78, 5) is 2.63. The lowest BCUT2D eigenvalue weighted by Crippen LogP contribution is -2.46. The molecule has 1 aliphatic heterocycles. The first kappa shape index (κ1) is 15.5. The van der Waals surface area contributed by atoms with Gasteiger partial charge in [-0.2, -0.15) is 0 Å². The molecule has 2 unspecified atom stereocenters. The van der Waals surface area contributed by atoms with Gasteiger partial charge in [0.05, 0.1) is 0 Å². The van der Waals surface area contributed by atoms with Crippen molar-refractivity contribution in [1.29, 1.82) is 0 Å². The van der Waals surface area contributed by atoms with Gasteiger partial charge in [-0.25, -0.2) is 0 Å². The lowest BCUT2D eigenvalue weighted by atomic mass is 10.00. The Balaban J connectivity index is 2.04. The largest absolute Gasteiger partial charge is 0.313 e. The van der Waals surface area contributed by atoms with E-state index in [0.717, 1.165) is 6.54 Å². The summed E-state index contributed by atoms with van der Waals surface area (Å²) in [6.07, 6.45) is 4.04. The van der Waals surface area contributed by atoms with Crippen molar-refractivity contribution in [1.82, 2.24) is 10.2 Å². The zero-order chi connectivity index (χ0) is 14.5. The summed E-state index contributed by atoms with van der Waals surface area (Å²) < 4.78 is 0. The fourth-order valence-corrected chi connectivity index (χ4v) is 3.19. The van der Waals surface area contributed by atoms with Crippen LogP contribution in [0.5, 0.6) is 0 Å². The number of nitrogens with zero attached hydrogens (tertiary/aromatic N) is 1. The smallest absolute Gasteiger partial charge is 0.0323 e. The van der Waals surface area contributed by atoms with Gasteiger partial charge < -0.3 is 5.32 Å². The van der Waals surface area contributed by atoms with Crippen LogP contribution in [0.15, 0.2) is 24.3 Å². The van der Waals surface area contributed by atoms with E-state index in [9.17, 15) is 0 Å². The molecule has 2 nitrogen and oxygen atoms in total. The molecule has 0 radical (unpaired) electrons. The Hall–Kier alpha value is -0.860. The Bertz CT molecular complexity index is 390. The molecule has 0 bridgehead atoms. The van der Waals surface area contributed by atoms with Crippen LogP contribution in [0.1, 0.15) is 57.2 Å². The Morgan fingerprint density at radius 3 is 2.40 bits per heavy atom. The van der Waals surface area contributed by atoms with E-state index in [2.05, 4.69) is 62.2 Å². The van der Waals surface area contributed by atoms with Crippen molar-refractivity contribution in [3.05, 3.63) is 35.4 Å². The van der Waals surface area contributed by atoms with Gasteiger partial charge in [-0.3, -0.25) is 4.90 Å². The van der Waals surface area contributed by atoms with Crippen LogP contribution < -0.4 is 5.32 Å². The third-order valence-electron chi connectivity index (χ3n) is 4.56. The molecule has 2 heteroatoms. The van der Waals surface area contributed by atoms with Gasteiger partial charge in [-0.05, 0) is 52.6 Å². The summed E-state index contributed by atoms with van der Waals surface area (Å²) in [5.41, 5.74) is 2.77. The molecule has 1 fully saturated rings. The van der Waals surface area contributed by atoms with Gasteiger partial charge in [0.2, 0.25) is 0 Å². The Morgan fingerprint density at radius 2 is 1.85 bits per heavy atom. The van der Waals surface area contributed by atoms with Crippen molar-refractivity contribution in [2.24, 2.45) is 0 Å². The lowest BCUT2D eigenvalue weighted by Gasteiger charge is -2.37. The van der Waals surface area contributed by atoms with Crippen LogP contribution in [0.4, 0.5) is 0 Å². The van der Waals surface area contributed by atoms with Crippen LogP contribution >= 0.6 is 0 Å². The second kappa shape index (κ2) is 7.24. The van der Waals surface area contributed by atoms with E-state index in [1.807, 2.05) is 0 Å². The quantitative estimate of drug-likeness (QED) is 0.876. The summed E-state index contributed by atoms with van der Waals surface area (Å²) in [5, 5.41) is 3.68. The summed E-state index contributed by atoms with van der Waals surface area (Å²) in [7, 11) is 0. The van der Waals surface area contributed by atoms with Crippen LogP contribution in [0, 0.1) is 6.92 Å². The van der Waals surface area contributed by atoms with Gasteiger partial charge in [0.25, 0.3) is 0 Å². The average molecular weight is 274 g/mol. The second-order valence-corrected chi connectivity index (χ2v) is 6.52. The van der Waals surface area contributed by atoms with Gasteiger partial charge in [0.1, 0.15) is 0 Å². The van der Waals surface area contributed by atoms with Crippen molar-refractivity contribution in [2.45, 2.75) is 65.1 Å². The molecule has 1 heterocycles. The number of rotatable bonds is 5. The Labute approximate surface area is 124 Å². The fraction of sp³-hybridized carbons (Fsp3) is 0.667. The van der Waals surface area contributed by atoms with Gasteiger partial charge in [-0.1, -0.05) is 36.2 Å². The van der Waals surface area contributed by atoms with E-state index in [1.165, 1.54) is 36.9 Å². The highest BCUT2D eigenvalue weighted by Gasteiger charge is 2.23. The molecular weight excluding hydrogens is 244 g/mol. The third-order valence-corrected chi connectivity index (χ3v) is 4.56. The molecular formula is C18H30N2. The molecule has 20 heavy (non-hydrogen) atoms. The molecule has 0 aliphatic carbocycles. The van der Waals surface area contributed by atoms with Crippen LogP contribution in [0.25, 0.3) is 0 Å². The predicted octanol–water partition coefficient (Wildman–Crippen LogP) is 3.91. The number of hydrogen-bond acceptors (Lipinski definition) is 2. The second-order valence-electron chi connectivity index (χ2n) is 6.52. The molecule has 112 valence electrons. The molecule has 2 rings (SSSR count). The van der Waals surface area contributed by atoms with E-state index < -0.39 is 0 Å². The Morgan fingerprint density at radius 1 is 1.15 bits per heavy atom. The minimum atomic E-state index is 0.485. The van der Waals surface area contributed by atoms with Crippen molar-refractivity contribution in [3.8, 4) is 0 Å². The topological polar surface area (TPSA) is 15.3 Å². The highest BCUT2D eigenvalue weighted by molar-refractivity contribution is 5.23. The maximum Gasteiger partial charge on any atom is 0.0323 e. The monoisotopic (exact) mass is 274 g/mol. The normalized spacial score (nSPS) is 21.4. The molecule has 1 aromatic rings. The SMILES string of the molecule is Cc1ccc(C(C)N(CC2CCCCN2)C(C)C)cc1. The van der Waals surface area contributed by atoms with Crippen LogP contribution in [-0.2, 0) is 0 Å². The molecule has 1 aromatic carbocycles. The van der Waals surface area contributed by atoms with Crippen molar-refractivity contribution >= 4 is 0 Å². The number of hydrogen-bond donors (Lipinski definition) is 1. The van der Waals surface area contributed by atoms with E-state index in [0.29, 0.717) is 18.1 Å². The lowest BCUT2D eigenvalue weighted by molar-refractivity contribution is 0.138. The maximum atomic E-state index is 3.68. The molecule has 0 spiro atoms. The highest BCUT2D eigenvalue weighted by atomic mass is 15.2. The van der Waals surface area contributed by atoms with Crippen LogP contribution in [-0.4, -0.2) is 30.1 Å². The fourth-order valence-electron chi connectivity index (χ4n) is 3.19. The van der Waals surface area contributed by atoms with Crippen LogP contribution in [0.2, 0.25) is 0 Å². The minimum absolute atomic E-state index is 0.485. The average Bonchev–Trinajstić information content (AvgIpc) is 2.45. The minimum Gasteiger partial charge on any atom is -0.313 e. The first-order valence-electron chi connectivity index (χ1n) is 8.13. The van der Waals surface area contributed by atoms with Gasteiger partial charge >= 0.3 is 0 Å². The number of benzene rings is 1. The first-order chi connectivity index (χ1) is 9.58. The molecule has 0 saturated carbocycles. The van der Waals surface area contributed by atoms with Crippen LogP contribution in [0.3, 0.4) is 0 Å². The molecule has 0 amide bonds. The zero-order valence-corrected chi connectivity index (χ0v) is 13.5. The maximum absolute atomic E-state index is 3.68. The van der Waals surface area contributed by atoms with Crippen molar-refractivity contribution < 1.29 is 0 Å². The number of nitrogens with one attached hydrogen (secondary N) is 1. The zero-order valence-electron chi connectivity index (χ0n) is 13.5. The van der Waals surface area contributed by atoms with Gasteiger partial charge in [-0.15, -0.1) is 0 Å². The molecule has 0 aromatic heterocycles. The molecule has 1 aliphatic rings. The number of aryl methyl sites for hydroxylation is 1. The Kier molecular flexibility index (Phi) is 5.62. The summed E-state index contributed by atoms with van der Waals surface area (Å²) >= 11 is 0. The van der Waals surface area contributed by atoms with E-state index >= 15 is 0 Å². The highest BCUT2D eigenvalue weighted by Crippen LogP contribution is 2.24. The summed E-state index contributed by atoms with van der Waals surface area (Å²) in [5.74, 6) is 0. The summed E-state index contributed by atoms with van der Waals surface area (Å²) in [6, 6.07) is 10.7.